The predicted molar refractivity (Wildman–Crippen MR) is 81.4 cm³/mol. The van der Waals surface area contributed by atoms with E-state index in [1.165, 1.54) is 0 Å². The topological polar surface area (TPSA) is 94.0 Å². The molecule has 0 saturated heterocycles. The predicted octanol–water partition coefficient (Wildman–Crippen LogP) is 2.62. The lowest BCUT2D eigenvalue weighted by Gasteiger charge is -2.23. The number of aromatic nitrogens is 3. The third-order valence-corrected chi connectivity index (χ3v) is 3.38. The van der Waals surface area contributed by atoms with Crippen LogP contribution in [-0.4, -0.2) is 25.6 Å². The molecule has 21 heavy (non-hydrogen) atoms. The highest BCUT2D eigenvalue weighted by atomic mass is 16.4. The van der Waals surface area contributed by atoms with Crippen LogP contribution < -0.4 is 5.73 Å². The lowest BCUT2D eigenvalue weighted by atomic mass is 10.1. The third-order valence-electron chi connectivity index (χ3n) is 3.38. The van der Waals surface area contributed by atoms with Gasteiger partial charge in [0.25, 0.3) is 0 Å². The molecule has 0 aliphatic carbocycles. The molecular weight excluding hydrogens is 268 g/mol. The van der Waals surface area contributed by atoms with Gasteiger partial charge in [-0.15, -0.1) is 0 Å². The zero-order valence-corrected chi connectivity index (χ0v) is 12.1. The number of fused-ring (bicyclic) bond motifs is 2. The Kier molecular flexibility index (Phi) is 2.66. The summed E-state index contributed by atoms with van der Waals surface area (Å²) in [4.78, 5) is 20.6. The Morgan fingerprint density at radius 1 is 1.19 bits per heavy atom. The number of nitrogen functional groups attached to an aromatic ring is 1. The molecule has 2 heterocycles. The minimum absolute atomic E-state index is 0.0122. The first kappa shape index (κ1) is 13.4. The summed E-state index contributed by atoms with van der Waals surface area (Å²) in [6, 6.07) is 7.36. The monoisotopic (exact) mass is 284 g/mol. The van der Waals surface area contributed by atoms with Gasteiger partial charge in [0.1, 0.15) is 16.9 Å². The van der Waals surface area contributed by atoms with Crippen LogP contribution in [0.2, 0.25) is 0 Å². The standard InChI is InChI=1S/C15H16N4O2/c1-15(2,3)19-12(16)10(14(20)21)11-13(19)18-9-7-5-4-6-8(9)17-11/h4-7H,16H2,1-3H3,(H,20,21). The quantitative estimate of drug-likeness (QED) is 0.716. The molecule has 0 saturated carbocycles. The Balaban J connectivity index is 2.55. The van der Waals surface area contributed by atoms with Crippen molar-refractivity contribution in [2.45, 2.75) is 26.3 Å². The van der Waals surface area contributed by atoms with Gasteiger partial charge in [0.2, 0.25) is 0 Å². The number of hydrogen-bond donors (Lipinski definition) is 2. The summed E-state index contributed by atoms with van der Waals surface area (Å²) in [7, 11) is 0. The zero-order valence-electron chi connectivity index (χ0n) is 12.1. The molecule has 2 aromatic heterocycles. The molecule has 0 bridgehead atoms. The van der Waals surface area contributed by atoms with Gasteiger partial charge in [-0.25, -0.2) is 14.8 Å². The van der Waals surface area contributed by atoms with Crippen molar-refractivity contribution in [3.8, 4) is 0 Å². The van der Waals surface area contributed by atoms with E-state index in [9.17, 15) is 9.90 Å². The lowest BCUT2D eigenvalue weighted by molar-refractivity contribution is 0.0699. The van der Waals surface area contributed by atoms with Gasteiger partial charge < -0.3 is 15.4 Å². The van der Waals surface area contributed by atoms with Gasteiger partial charge in [-0.05, 0) is 32.9 Å². The molecule has 0 amide bonds. The van der Waals surface area contributed by atoms with Crippen molar-refractivity contribution in [1.29, 1.82) is 0 Å². The number of nitrogens with zero attached hydrogens (tertiary/aromatic N) is 3. The molecule has 0 atom stereocenters. The summed E-state index contributed by atoms with van der Waals surface area (Å²) in [5.74, 6) is -0.912. The van der Waals surface area contributed by atoms with Crippen LogP contribution in [0.5, 0.6) is 0 Å². The molecular formula is C15H16N4O2. The smallest absolute Gasteiger partial charge is 0.341 e. The van der Waals surface area contributed by atoms with Crippen molar-refractivity contribution >= 4 is 34.0 Å². The molecule has 108 valence electrons. The van der Waals surface area contributed by atoms with Gasteiger partial charge in [0.15, 0.2) is 5.65 Å². The van der Waals surface area contributed by atoms with E-state index in [2.05, 4.69) is 9.97 Å². The number of nitrogens with two attached hydrogens (primary N) is 1. The van der Waals surface area contributed by atoms with Crippen LogP contribution in [0, 0.1) is 0 Å². The number of rotatable bonds is 1. The highest BCUT2D eigenvalue weighted by Crippen LogP contribution is 2.32. The summed E-state index contributed by atoms with van der Waals surface area (Å²) < 4.78 is 1.73. The molecule has 0 radical (unpaired) electrons. The maximum absolute atomic E-state index is 11.6. The van der Waals surface area contributed by atoms with Crippen molar-refractivity contribution < 1.29 is 9.90 Å². The lowest BCUT2D eigenvalue weighted by Crippen LogP contribution is -2.24. The fraction of sp³-hybridized carbons (Fsp3) is 0.267. The largest absolute Gasteiger partial charge is 0.477 e. The fourth-order valence-corrected chi connectivity index (χ4v) is 2.55. The number of para-hydroxylation sites is 2. The molecule has 6 heteroatoms. The molecule has 0 spiro atoms. The van der Waals surface area contributed by atoms with E-state index in [4.69, 9.17) is 5.73 Å². The first-order valence-electron chi connectivity index (χ1n) is 6.61. The SMILES string of the molecule is CC(C)(C)n1c(N)c(C(=O)O)c2nc3ccccc3nc21. The number of aromatic carboxylic acids is 1. The molecule has 0 aliphatic heterocycles. The molecule has 0 aliphatic rings. The van der Waals surface area contributed by atoms with Crippen LogP contribution in [0.15, 0.2) is 24.3 Å². The van der Waals surface area contributed by atoms with Crippen molar-refractivity contribution in [3.63, 3.8) is 0 Å². The summed E-state index contributed by atoms with van der Waals surface area (Å²) in [6.07, 6.45) is 0. The highest BCUT2D eigenvalue weighted by molar-refractivity contribution is 6.07. The molecule has 6 nitrogen and oxygen atoms in total. The number of anilines is 1. The van der Waals surface area contributed by atoms with Crippen molar-refractivity contribution in [2.75, 3.05) is 5.73 Å². The van der Waals surface area contributed by atoms with E-state index in [0.717, 1.165) is 0 Å². The second kappa shape index (κ2) is 4.18. The van der Waals surface area contributed by atoms with Crippen LogP contribution in [0.25, 0.3) is 22.2 Å². The van der Waals surface area contributed by atoms with E-state index >= 15 is 0 Å². The Hall–Kier alpha value is -2.63. The summed E-state index contributed by atoms with van der Waals surface area (Å²) in [6.45, 7) is 5.85. The van der Waals surface area contributed by atoms with E-state index in [1.54, 1.807) is 10.6 Å². The van der Waals surface area contributed by atoms with Crippen LogP contribution in [-0.2, 0) is 5.54 Å². The van der Waals surface area contributed by atoms with Gasteiger partial charge in [-0.1, -0.05) is 12.1 Å². The normalized spacial score (nSPS) is 12.1. The minimum Gasteiger partial charge on any atom is -0.477 e. The number of carboxylic acids is 1. The van der Waals surface area contributed by atoms with Gasteiger partial charge >= 0.3 is 5.97 Å². The van der Waals surface area contributed by atoms with Crippen LogP contribution in [0.4, 0.5) is 5.82 Å². The van der Waals surface area contributed by atoms with E-state index in [0.29, 0.717) is 22.2 Å². The highest BCUT2D eigenvalue weighted by Gasteiger charge is 2.28. The van der Waals surface area contributed by atoms with Gasteiger partial charge in [0.05, 0.1) is 11.0 Å². The van der Waals surface area contributed by atoms with E-state index < -0.39 is 11.5 Å². The average molecular weight is 284 g/mol. The molecule has 0 unspecified atom stereocenters. The van der Waals surface area contributed by atoms with Crippen molar-refractivity contribution in [3.05, 3.63) is 29.8 Å². The van der Waals surface area contributed by atoms with E-state index in [-0.39, 0.29) is 11.4 Å². The minimum atomic E-state index is -1.09. The Bertz CT molecular complexity index is 875. The fourth-order valence-electron chi connectivity index (χ4n) is 2.55. The summed E-state index contributed by atoms with van der Waals surface area (Å²) in [5.41, 5.74) is 7.87. The maximum Gasteiger partial charge on any atom is 0.341 e. The molecule has 3 rings (SSSR count). The number of benzene rings is 1. The Morgan fingerprint density at radius 3 is 2.29 bits per heavy atom. The van der Waals surface area contributed by atoms with E-state index in [1.807, 2.05) is 39.0 Å². The molecule has 0 fully saturated rings. The van der Waals surface area contributed by atoms with Crippen molar-refractivity contribution in [2.24, 2.45) is 0 Å². The maximum atomic E-state index is 11.6. The average Bonchev–Trinajstić information content (AvgIpc) is 2.66. The Labute approximate surface area is 121 Å². The second-order valence-corrected chi connectivity index (χ2v) is 5.96. The molecule has 1 aromatic carbocycles. The van der Waals surface area contributed by atoms with Crippen LogP contribution in [0.3, 0.4) is 0 Å². The Morgan fingerprint density at radius 2 is 1.76 bits per heavy atom. The zero-order chi connectivity index (χ0) is 15.4. The molecule has 3 N–H and O–H groups in total. The number of carboxylic acid groups (broad SMARTS) is 1. The number of hydrogen-bond acceptors (Lipinski definition) is 4. The first-order chi connectivity index (χ1) is 9.80. The molecule has 3 aromatic rings. The second-order valence-electron chi connectivity index (χ2n) is 5.96. The first-order valence-corrected chi connectivity index (χ1v) is 6.61. The third kappa shape index (κ3) is 1.91. The van der Waals surface area contributed by atoms with Gasteiger partial charge in [0, 0.05) is 5.54 Å². The van der Waals surface area contributed by atoms with Gasteiger partial charge in [-0.3, -0.25) is 0 Å². The van der Waals surface area contributed by atoms with Crippen LogP contribution >= 0.6 is 0 Å². The number of carbonyl (C=O) groups is 1. The summed E-state index contributed by atoms with van der Waals surface area (Å²) >= 11 is 0. The van der Waals surface area contributed by atoms with Gasteiger partial charge in [-0.2, -0.15) is 0 Å². The summed E-state index contributed by atoms with van der Waals surface area (Å²) in [5, 5.41) is 9.45. The van der Waals surface area contributed by atoms with Crippen molar-refractivity contribution in [1.82, 2.24) is 14.5 Å². The van der Waals surface area contributed by atoms with Crippen LogP contribution in [0.1, 0.15) is 31.1 Å².